The summed E-state index contributed by atoms with van der Waals surface area (Å²) >= 11 is 0. The van der Waals surface area contributed by atoms with Crippen molar-refractivity contribution in [2.45, 2.75) is 31.6 Å². The number of allylic oxidation sites excluding steroid dienone is 1. The molecule has 5 heteroatoms. The fourth-order valence-corrected chi connectivity index (χ4v) is 3.86. The number of rotatable bonds is 7. The highest BCUT2D eigenvalue weighted by molar-refractivity contribution is 7.89. The Hall–Kier alpha value is -2.11. The molecule has 2 aromatic rings. The second-order valence-corrected chi connectivity index (χ2v) is 7.55. The van der Waals surface area contributed by atoms with Gasteiger partial charge in [0, 0.05) is 19.0 Å². The van der Waals surface area contributed by atoms with Crippen molar-refractivity contribution in [3.63, 3.8) is 0 Å². The molecule has 2 N–H and O–H groups in total. The third-order valence-corrected chi connectivity index (χ3v) is 5.31. The van der Waals surface area contributed by atoms with Gasteiger partial charge in [0.2, 0.25) is 10.0 Å². The quantitative estimate of drug-likeness (QED) is 0.820. The van der Waals surface area contributed by atoms with Crippen molar-refractivity contribution in [2.75, 3.05) is 13.1 Å². The smallest absolute Gasteiger partial charge is 0.238 e. The number of nitrogens with two attached hydrogens (primary N) is 1. The normalized spacial score (nSPS) is 13.5. The van der Waals surface area contributed by atoms with Gasteiger partial charge in [-0.15, -0.1) is 0 Å². The zero-order valence-electron chi connectivity index (χ0n) is 15.0. The summed E-state index contributed by atoms with van der Waals surface area (Å²) < 4.78 is 24.2. The van der Waals surface area contributed by atoms with Crippen LogP contribution in [0.25, 0.3) is 0 Å². The average Bonchev–Trinajstić information content (AvgIpc) is 2.60. The first-order valence-corrected chi connectivity index (χ1v) is 10.0. The molecule has 134 valence electrons. The standard InChI is InChI=1S/C20H26N2O2S/c1-4-22(5-2)15-16(3)20(17-11-7-6-8-12-17)18-13-9-10-14-19(18)25(21,23)24/h6-15,20H,4-5H2,1-3H3,(H2,21,23,24). The zero-order valence-corrected chi connectivity index (χ0v) is 15.8. The number of hydrogen-bond acceptors (Lipinski definition) is 3. The topological polar surface area (TPSA) is 63.4 Å². The van der Waals surface area contributed by atoms with Crippen LogP contribution in [-0.4, -0.2) is 26.4 Å². The summed E-state index contributed by atoms with van der Waals surface area (Å²) in [5.74, 6) is -0.170. The molecule has 0 heterocycles. The largest absolute Gasteiger partial charge is 0.378 e. The third-order valence-electron chi connectivity index (χ3n) is 4.32. The van der Waals surface area contributed by atoms with Crippen LogP contribution < -0.4 is 5.14 Å². The van der Waals surface area contributed by atoms with E-state index in [1.54, 1.807) is 12.1 Å². The lowest BCUT2D eigenvalue weighted by atomic mass is 9.86. The van der Waals surface area contributed by atoms with Crippen LogP contribution in [0.5, 0.6) is 0 Å². The molecule has 2 aromatic carbocycles. The van der Waals surface area contributed by atoms with Crippen LogP contribution >= 0.6 is 0 Å². The average molecular weight is 359 g/mol. The minimum absolute atomic E-state index is 0.170. The Labute approximate surface area is 151 Å². The summed E-state index contributed by atoms with van der Waals surface area (Å²) in [5.41, 5.74) is 2.82. The van der Waals surface area contributed by atoms with Gasteiger partial charge in [-0.25, -0.2) is 13.6 Å². The first kappa shape index (κ1) is 19.2. The zero-order chi connectivity index (χ0) is 18.4. The monoisotopic (exact) mass is 358 g/mol. The highest BCUT2D eigenvalue weighted by Gasteiger charge is 2.23. The molecule has 1 unspecified atom stereocenters. The lowest BCUT2D eigenvalue weighted by Gasteiger charge is -2.24. The molecule has 0 saturated carbocycles. The van der Waals surface area contributed by atoms with Gasteiger partial charge in [0.25, 0.3) is 0 Å². The van der Waals surface area contributed by atoms with E-state index in [1.165, 1.54) is 0 Å². The Balaban J connectivity index is 2.66. The number of hydrogen-bond donors (Lipinski definition) is 1. The van der Waals surface area contributed by atoms with Crippen molar-refractivity contribution in [1.29, 1.82) is 0 Å². The van der Waals surface area contributed by atoms with Gasteiger partial charge in [-0.2, -0.15) is 0 Å². The third kappa shape index (κ3) is 4.71. The van der Waals surface area contributed by atoms with Crippen LogP contribution in [0.3, 0.4) is 0 Å². The van der Waals surface area contributed by atoms with E-state index >= 15 is 0 Å². The first-order chi connectivity index (χ1) is 11.9. The summed E-state index contributed by atoms with van der Waals surface area (Å²) in [5, 5.41) is 5.47. The molecule has 25 heavy (non-hydrogen) atoms. The Kier molecular flexibility index (Phi) is 6.39. The molecular formula is C20H26N2O2S. The molecule has 0 aliphatic carbocycles. The highest BCUT2D eigenvalue weighted by Crippen LogP contribution is 2.35. The predicted octanol–water partition coefficient (Wildman–Crippen LogP) is 3.71. The van der Waals surface area contributed by atoms with Gasteiger partial charge in [-0.3, -0.25) is 0 Å². The maximum atomic E-state index is 12.1. The van der Waals surface area contributed by atoms with Gasteiger partial charge >= 0.3 is 0 Å². The second kappa shape index (κ2) is 8.32. The van der Waals surface area contributed by atoms with Gasteiger partial charge in [0.05, 0.1) is 4.90 Å². The second-order valence-electron chi connectivity index (χ2n) is 6.02. The van der Waals surface area contributed by atoms with Crippen molar-refractivity contribution >= 4 is 10.0 Å². The van der Waals surface area contributed by atoms with Crippen molar-refractivity contribution in [3.05, 3.63) is 77.5 Å². The number of benzene rings is 2. The summed E-state index contributed by atoms with van der Waals surface area (Å²) in [4.78, 5) is 2.38. The van der Waals surface area contributed by atoms with Crippen molar-refractivity contribution in [3.8, 4) is 0 Å². The fraction of sp³-hybridized carbons (Fsp3) is 0.300. The van der Waals surface area contributed by atoms with E-state index < -0.39 is 10.0 Å². The maximum absolute atomic E-state index is 12.1. The van der Waals surface area contributed by atoms with Crippen molar-refractivity contribution in [1.82, 2.24) is 4.90 Å². The van der Waals surface area contributed by atoms with Crippen LogP contribution in [0, 0.1) is 0 Å². The van der Waals surface area contributed by atoms with E-state index in [2.05, 4.69) is 24.9 Å². The first-order valence-electron chi connectivity index (χ1n) is 8.47. The SMILES string of the molecule is CCN(C=C(C)C(c1ccccc1)c1ccccc1S(N)(=O)=O)CC. The highest BCUT2D eigenvalue weighted by atomic mass is 32.2. The molecule has 4 nitrogen and oxygen atoms in total. The van der Waals surface area contributed by atoms with Crippen LogP contribution in [0.4, 0.5) is 0 Å². The number of nitrogens with zero attached hydrogens (tertiary/aromatic N) is 1. The Bertz CT molecular complexity index is 826. The molecule has 1 atom stereocenters. The Morgan fingerprint density at radius 2 is 1.60 bits per heavy atom. The Morgan fingerprint density at radius 3 is 2.16 bits per heavy atom. The van der Waals surface area contributed by atoms with E-state index in [0.29, 0.717) is 5.56 Å². The molecule has 0 saturated heterocycles. The van der Waals surface area contributed by atoms with Gasteiger partial charge in [-0.05, 0) is 49.7 Å². The summed E-state index contributed by atoms with van der Waals surface area (Å²) in [6.07, 6.45) is 2.11. The molecule has 0 bridgehead atoms. The molecule has 2 rings (SSSR count). The van der Waals surface area contributed by atoms with Crippen molar-refractivity contribution in [2.24, 2.45) is 5.14 Å². The lowest BCUT2D eigenvalue weighted by Crippen LogP contribution is -2.19. The molecular weight excluding hydrogens is 332 g/mol. The van der Waals surface area contributed by atoms with Crippen LogP contribution in [-0.2, 0) is 10.0 Å². The molecule has 0 spiro atoms. The van der Waals surface area contributed by atoms with Crippen LogP contribution in [0.1, 0.15) is 37.8 Å². The van der Waals surface area contributed by atoms with Crippen molar-refractivity contribution < 1.29 is 8.42 Å². The molecule has 0 aromatic heterocycles. The molecule has 0 radical (unpaired) electrons. The van der Waals surface area contributed by atoms with E-state index in [0.717, 1.165) is 24.2 Å². The minimum Gasteiger partial charge on any atom is -0.378 e. The maximum Gasteiger partial charge on any atom is 0.238 e. The number of primary sulfonamides is 1. The van der Waals surface area contributed by atoms with Crippen LogP contribution in [0.15, 0.2) is 71.3 Å². The van der Waals surface area contributed by atoms with Gasteiger partial charge in [0.15, 0.2) is 0 Å². The minimum atomic E-state index is -3.80. The molecule has 0 aliphatic heterocycles. The Morgan fingerprint density at radius 1 is 1.04 bits per heavy atom. The van der Waals surface area contributed by atoms with Gasteiger partial charge in [0.1, 0.15) is 0 Å². The van der Waals surface area contributed by atoms with E-state index in [-0.39, 0.29) is 10.8 Å². The molecule has 0 fully saturated rings. The summed E-state index contributed by atoms with van der Waals surface area (Å²) in [6.45, 7) is 8.03. The molecule has 0 amide bonds. The van der Waals surface area contributed by atoms with Gasteiger partial charge < -0.3 is 4.90 Å². The summed E-state index contributed by atoms with van der Waals surface area (Å²) in [6, 6.07) is 16.9. The number of sulfonamides is 1. The van der Waals surface area contributed by atoms with E-state index in [9.17, 15) is 8.42 Å². The lowest BCUT2D eigenvalue weighted by molar-refractivity contribution is 0.413. The fourth-order valence-electron chi connectivity index (χ4n) is 3.08. The van der Waals surface area contributed by atoms with E-state index in [1.807, 2.05) is 49.4 Å². The van der Waals surface area contributed by atoms with E-state index in [4.69, 9.17) is 5.14 Å². The molecule has 0 aliphatic rings. The van der Waals surface area contributed by atoms with Crippen LogP contribution in [0.2, 0.25) is 0 Å². The van der Waals surface area contributed by atoms with Gasteiger partial charge in [-0.1, -0.05) is 48.5 Å². The predicted molar refractivity (Wildman–Crippen MR) is 103 cm³/mol. The summed E-state index contributed by atoms with van der Waals surface area (Å²) in [7, 11) is -3.80.